The molecule has 1 aromatic carbocycles. The average molecular weight is 482 g/mol. The van der Waals surface area contributed by atoms with Crippen molar-refractivity contribution in [3.63, 3.8) is 0 Å². The van der Waals surface area contributed by atoms with Crippen molar-refractivity contribution in [3.05, 3.63) is 70.5 Å². The molecule has 8 nitrogen and oxygen atoms in total. The Hall–Kier alpha value is -3.82. The highest BCUT2D eigenvalue weighted by Gasteiger charge is 2.27. The number of aromatic amines is 1. The van der Waals surface area contributed by atoms with E-state index in [4.69, 9.17) is 4.74 Å². The van der Waals surface area contributed by atoms with Gasteiger partial charge in [-0.25, -0.2) is 18.9 Å². The molecule has 1 amide bonds. The van der Waals surface area contributed by atoms with Crippen LogP contribution in [0, 0.1) is 0 Å². The number of alkyl halides is 2. The molecule has 0 atom stereocenters. The van der Waals surface area contributed by atoms with Crippen LogP contribution in [-0.2, 0) is 0 Å². The van der Waals surface area contributed by atoms with Crippen molar-refractivity contribution >= 4 is 22.3 Å². The van der Waals surface area contributed by atoms with Crippen molar-refractivity contribution in [1.29, 1.82) is 0 Å². The number of nitrogens with zero attached hydrogens (tertiary/aromatic N) is 3. The van der Waals surface area contributed by atoms with Gasteiger partial charge in [-0.05, 0) is 37.8 Å². The van der Waals surface area contributed by atoms with E-state index in [0.717, 1.165) is 36.8 Å². The summed E-state index contributed by atoms with van der Waals surface area (Å²) in [6, 6.07) is 10.6. The summed E-state index contributed by atoms with van der Waals surface area (Å²) in [6.45, 7) is -1.86. The third kappa shape index (κ3) is 4.60. The quantitative estimate of drug-likeness (QED) is 0.419. The Morgan fingerprint density at radius 3 is 2.63 bits per heavy atom. The summed E-state index contributed by atoms with van der Waals surface area (Å²) in [7, 11) is 0. The fourth-order valence-electron chi connectivity index (χ4n) is 4.72. The van der Waals surface area contributed by atoms with Gasteiger partial charge < -0.3 is 10.1 Å². The molecule has 35 heavy (non-hydrogen) atoms. The van der Waals surface area contributed by atoms with Crippen molar-refractivity contribution in [2.75, 3.05) is 13.3 Å². The number of fused-ring (bicyclic) bond motifs is 2. The summed E-state index contributed by atoms with van der Waals surface area (Å²) < 4.78 is 32.4. The molecule has 0 unspecified atom stereocenters. The summed E-state index contributed by atoms with van der Waals surface area (Å²) in [5, 5.41) is 11.6. The number of nitrogens with one attached hydrogen (secondary N) is 2. The Labute approximate surface area is 199 Å². The molecule has 1 aliphatic rings. The number of aromatic nitrogens is 4. The van der Waals surface area contributed by atoms with Crippen molar-refractivity contribution in [1.82, 2.24) is 24.9 Å². The molecule has 0 radical (unpaired) electrons. The minimum atomic E-state index is -1.16. The van der Waals surface area contributed by atoms with Gasteiger partial charge in [0, 0.05) is 29.6 Å². The smallest absolute Gasteiger partial charge is 0.272 e. The van der Waals surface area contributed by atoms with Crippen molar-refractivity contribution in [3.8, 4) is 5.75 Å². The van der Waals surface area contributed by atoms with E-state index in [1.54, 1.807) is 28.8 Å². The number of amides is 1. The number of hydrogen-bond acceptors (Lipinski definition) is 5. The molecular formula is C25H25F2N5O3. The van der Waals surface area contributed by atoms with Crippen LogP contribution in [0.2, 0.25) is 0 Å². The van der Waals surface area contributed by atoms with Gasteiger partial charge in [0.15, 0.2) is 6.10 Å². The zero-order chi connectivity index (χ0) is 24.4. The van der Waals surface area contributed by atoms with E-state index in [9.17, 15) is 18.4 Å². The fraction of sp³-hybridized carbons (Fsp3) is 0.360. The predicted molar refractivity (Wildman–Crippen MR) is 126 cm³/mol. The first-order chi connectivity index (χ1) is 17.1. The van der Waals surface area contributed by atoms with Gasteiger partial charge in [-0.1, -0.05) is 18.2 Å². The van der Waals surface area contributed by atoms with Gasteiger partial charge in [-0.2, -0.15) is 5.10 Å². The second-order valence-corrected chi connectivity index (χ2v) is 8.79. The number of benzene rings is 1. The first-order valence-electron chi connectivity index (χ1n) is 11.6. The maximum Gasteiger partial charge on any atom is 0.272 e. The molecule has 2 N–H and O–H groups in total. The summed E-state index contributed by atoms with van der Waals surface area (Å²) in [5.74, 6) is 0.251. The van der Waals surface area contributed by atoms with E-state index >= 15 is 0 Å². The highest BCUT2D eigenvalue weighted by Crippen LogP contribution is 2.34. The molecule has 1 fully saturated rings. The maximum atomic E-state index is 13.0. The minimum Gasteiger partial charge on any atom is -0.485 e. The van der Waals surface area contributed by atoms with Crippen LogP contribution in [0.5, 0.6) is 5.75 Å². The van der Waals surface area contributed by atoms with Crippen LogP contribution >= 0.6 is 0 Å². The van der Waals surface area contributed by atoms with E-state index in [-0.39, 0.29) is 29.2 Å². The molecule has 3 heterocycles. The van der Waals surface area contributed by atoms with Gasteiger partial charge in [-0.15, -0.1) is 0 Å². The summed E-state index contributed by atoms with van der Waals surface area (Å²) in [6.07, 6.45) is 5.16. The number of carbonyl (C=O) groups is 1. The molecule has 0 spiro atoms. The van der Waals surface area contributed by atoms with Gasteiger partial charge in [0.2, 0.25) is 0 Å². The second-order valence-electron chi connectivity index (χ2n) is 8.79. The number of halogens is 2. The average Bonchev–Trinajstić information content (AvgIpc) is 3.32. The van der Waals surface area contributed by atoms with Crippen molar-refractivity contribution in [2.45, 2.75) is 43.7 Å². The first kappa shape index (κ1) is 22.9. The Balaban J connectivity index is 1.24. The summed E-state index contributed by atoms with van der Waals surface area (Å²) >= 11 is 0. The molecule has 1 aliphatic carbocycles. The molecule has 182 valence electrons. The lowest BCUT2D eigenvalue weighted by Crippen LogP contribution is -2.38. The van der Waals surface area contributed by atoms with Gasteiger partial charge in [0.1, 0.15) is 30.4 Å². The molecule has 3 aromatic heterocycles. The van der Waals surface area contributed by atoms with Gasteiger partial charge in [0.25, 0.3) is 11.5 Å². The van der Waals surface area contributed by atoms with E-state index < -0.39 is 19.5 Å². The number of hydrogen-bond donors (Lipinski definition) is 2. The van der Waals surface area contributed by atoms with E-state index in [1.807, 2.05) is 18.2 Å². The van der Waals surface area contributed by atoms with Crippen LogP contribution in [-0.4, -0.2) is 51.0 Å². The molecule has 10 heteroatoms. The Kier molecular flexibility index (Phi) is 6.43. The normalized spacial score (nSPS) is 18.3. The highest BCUT2D eigenvalue weighted by atomic mass is 19.1. The van der Waals surface area contributed by atoms with Crippen molar-refractivity contribution < 1.29 is 18.3 Å². The van der Waals surface area contributed by atoms with Gasteiger partial charge in [0.05, 0.1) is 17.3 Å². The van der Waals surface area contributed by atoms with Crippen LogP contribution < -0.4 is 15.6 Å². The van der Waals surface area contributed by atoms with Crippen LogP contribution in [0.4, 0.5) is 8.78 Å². The molecule has 1 saturated carbocycles. The Bertz CT molecular complexity index is 1410. The van der Waals surface area contributed by atoms with Crippen LogP contribution in [0.25, 0.3) is 16.4 Å². The SMILES string of the molecule is O=C(N[C@H]1CC[C@H](c2n[nH]c(=O)c3ccccc32)CC1)c1cnc2cc(OC(CF)CF)ccn12. The minimum absolute atomic E-state index is 0.01000. The van der Waals surface area contributed by atoms with Crippen molar-refractivity contribution in [2.24, 2.45) is 0 Å². The van der Waals surface area contributed by atoms with Gasteiger partial charge in [-0.3, -0.25) is 14.0 Å². The van der Waals surface area contributed by atoms with Crippen LogP contribution in [0.1, 0.15) is 47.8 Å². The largest absolute Gasteiger partial charge is 0.485 e. The second kappa shape index (κ2) is 9.81. The standard InChI is InChI=1S/C25H25F2N5O3/c26-12-18(13-27)35-17-9-10-32-21(14-28-22(32)11-17)25(34)29-16-7-5-15(6-8-16)23-19-3-1-2-4-20(19)24(33)31-30-23/h1-4,9-11,14-16,18H,5-8,12-13H2,(H,29,34)(H,31,33)/t15-,16-. The molecule has 5 rings (SSSR count). The molecular weight excluding hydrogens is 456 g/mol. The number of imidazole rings is 1. The third-order valence-electron chi connectivity index (χ3n) is 6.54. The summed E-state index contributed by atoms with van der Waals surface area (Å²) in [4.78, 5) is 29.3. The Morgan fingerprint density at radius 1 is 1.14 bits per heavy atom. The maximum absolute atomic E-state index is 13.0. The monoisotopic (exact) mass is 481 g/mol. The molecule has 0 aliphatic heterocycles. The number of ether oxygens (including phenoxy) is 1. The zero-order valence-electron chi connectivity index (χ0n) is 18.9. The lowest BCUT2D eigenvalue weighted by Gasteiger charge is -2.29. The number of H-pyrrole nitrogens is 1. The van der Waals surface area contributed by atoms with E-state index in [1.165, 1.54) is 6.20 Å². The molecule has 4 aromatic rings. The van der Waals surface area contributed by atoms with Gasteiger partial charge >= 0.3 is 0 Å². The fourth-order valence-corrected chi connectivity index (χ4v) is 4.72. The highest BCUT2D eigenvalue weighted by molar-refractivity contribution is 5.93. The van der Waals surface area contributed by atoms with Crippen LogP contribution in [0.3, 0.4) is 0 Å². The lowest BCUT2D eigenvalue weighted by molar-refractivity contribution is 0.0919. The lowest BCUT2D eigenvalue weighted by atomic mass is 9.82. The first-order valence-corrected chi connectivity index (χ1v) is 11.6. The third-order valence-corrected chi connectivity index (χ3v) is 6.54. The van der Waals surface area contributed by atoms with E-state index in [0.29, 0.717) is 16.7 Å². The summed E-state index contributed by atoms with van der Waals surface area (Å²) in [5.41, 5.74) is 1.52. The van der Waals surface area contributed by atoms with E-state index in [2.05, 4.69) is 20.5 Å². The molecule has 0 bridgehead atoms. The molecule has 0 saturated heterocycles. The predicted octanol–water partition coefficient (Wildman–Crippen LogP) is 3.71. The number of rotatable bonds is 7. The van der Waals surface area contributed by atoms with Crippen LogP contribution in [0.15, 0.2) is 53.6 Å². The topological polar surface area (TPSA) is 101 Å². The number of carbonyl (C=O) groups excluding carboxylic acids is 1. The zero-order valence-corrected chi connectivity index (χ0v) is 18.9. The Morgan fingerprint density at radius 2 is 1.89 bits per heavy atom. The number of pyridine rings is 1.